The molecule has 1 amide bonds. The number of benzene rings is 2. The number of hydrogen-bond donors (Lipinski definition) is 1. The summed E-state index contributed by atoms with van der Waals surface area (Å²) >= 11 is 0. The van der Waals surface area contributed by atoms with Crippen molar-refractivity contribution in [3.63, 3.8) is 0 Å². The maximum absolute atomic E-state index is 12.8. The SMILES string of the molecule is Cc1ccc(C(C)C)c(OCc2ccc(C(=O)Nc3cccc(Cn4nc(C)cc4C)c3)o2)c1. The molecule has 2 heterocycles. The van der Waals surface area contributed by atoms with Gasteiger partial charge in [-0.05, 0) is 79.8 Å². The van der Waals surface area contributed by atoms with Gasteiger partial charge in [-0.1, -0.05) is 38.1 Å². The van der Waals surface area contributed by atoms with Gasteiger partial charge in [-0.15, -0.1) is 0 Å². The van der Waals surface area contributed by atoms with Gasteiger partial charge in [-0.25, -0.2) is 0 Å². The number of hydrogen-bond acceptors (Lipinski definition) is 4. The van der Waals surface area contributed by atoms with E-state index in [0.717, 1.165) is 33.8 Å². The first-order valence-corrected chi connectivity index (χ1v) is 11.5. The Morgan fingerprint density at radius 3 is 2.62 bits per heavy atom. The molecule has 6 heteroatoms. The minimum Gasteiger partial charge on any atom is -0.485 e. The first-order valence-electron chi connectivity index (χ1n) is 11.5. The lowest BCUT2D eigenvalue weighted by molar-refractivity contribution is 0.0992. The zero-order chi connectivity index (χ0) is 24.2. The molecular formula is C28H31N3O3. The fraction of sp³-hybridized carbons (Fsp3) is 0.286. The van der Waals surface area contributed by atoms with E-state index >= 15 is 0 Å². The van der Waals surface area contributed by atoms with Crippen LogP contribution in [0.1, 0.15) is 64.2 Å². The second kappa shape index (κ2) is 10.00. The van der Waals surface area contributed by atoms with Crippen LogP contribution < -0.4 is 10.1 Å². The molecule has 0 unspecified atom stereocenters. The Morgan fingerprint density at radius 2 is 1.88 bits per heavy atom. The first kappa shape index (κ1) is 23.4. The van der Waals surface area contributed by atoms with Crippen LogP contribution in [0.2, 0.25) is 0 Å². The highest BCUT2D eigenvalue weighted by Crippen LogP contribution is 2.28. The van der Waals surface area contributed by atoms with Crippen LogP contribution in [0.4, 0.5) is 5.69 Å². The van der Waals surface area contributed by atoms with Crippen LogP contribution in [0.15, 0.2) is 65.1 Å². The predicted molar refractivity (Wildman–Crippen MR) is 134 cm³/mol. The molecule has 4 rings (SSSR count). The fourth-order valence-electron chi connectivity index (χ4n) is 3.92. The zero-order valence-corrected chi connectivity index (χ0v) is 20.4. The molecule has 0 aliphatic carbocycles. The van der Waals surface area contributed by atoms with Gasteiger partial charge in [0.1, 0.15) is 18.1 Å². The Balaban J connectivity index is 1.39. The Hall–Kier alpha value is -3.80. The summed E-state index contributed by atoms with van der Waals surface area (Å²) in [7, 11) is 0. The summed E-state index contributed by atoms with van der Waals surface area (Å²) < 4.78 is 13.7. The van der Waals surface area contributed by atoms with Crippen molar-refractivity contribution in [2.24, 2.45) is 0 Å². The summed E-state index contributed by atoms with van der Waals surface area (Å²) in [6.07, 6.45) is 0. The molecule has 0 spiro atoms. The number of rotatable bonds is 8. The number of nitrogens with one attached hydrogen (secondary N) is 1. The van der Waals surface area contributed by atoms with Crippen molar-refractivity contribution in [1.29, 1.82) is 0 Å². The smallest absolute Gasteiger partial charge is 0.291 e. The number of aromatic nitrogens is 2. The van der Waals surface area contributed by atoms with E-state index in [1.165, 1.54) is 0 Å². The average Bonchev–Trinajstić information content (AvgIpc) is 3.38. The molecule has 4 aromatic rings. The van der Waals surface area contributed by atoms with Gasteiger partial charge in [-0.2, -0.15) is 5.10 Å². The van der Waals surface area contributed by atoms with Gasteiger partial charge < -0.3 is 14.5 Å². The number of carbonyl (C=O) groups is 1. The van der Waals surface area contributed by atoms with Crippen LogP contribution in [-0.2, 0) is 13.2 Å². The van der Waals surface area contributed by atoms with Gasteiger partial charge in [-0.3, -0.25) is 9.48 Å². The number of furan rings is 1. The second-order valence-corrected chi connectivity index (χ2v) is 8.99. The van der Waals surface area contributed by atoms with Gasteiger partial charge in [0.25, 0.3) is 5.91 Å². The number of anilines is 1. The molecule has 0 radical (unpaired) electrons. The van der Waals surface area contributed by atoms with Crippen LogP contribution in [0.3, 0.4) is 0 Å². The maximum atomic E-state index is 12.8. The molecule has 2 aromatic carbocycles. The van der Waals surface area contributed by atoms with Crippen molar-refractivity contribution in [3.8, 4) is 5.75 Å². The summed E-state index contributed by atoms with van der Waals surface area (Å²) in [6.45, 7) is 11.2. The Labute approximate surface area is 200 Å². The van der Waals surface area contributed by atoms with Crippen molar-refractivity contribution in [2.75, 3.05) is 5.32 Å². The Kier molecular flexibility index (Phi) is 6.87. The van der Waals surface area contributed by atoms with E-state index in [2.05, 4.69) is 36.4 Å². The van der Waals surface area contributed by atoms with Crippen LogP contribution in [0, 0.1) is 20.8 Å². The third-order valence-electron chi connectivity index (χ3n) is 5.67. The Morgan fingerprint density at radius 1 is 1.06 bits per heavy atom. The molecule has 0 aliphatic heterocycles. The van der Waals surface area contributed by atoms with E-state index in [4.69, 9.17) is 9.15 Å². The molecule has 34 heavy (non-hydrogen) atoms. The van der Waals surface area contributed by atoms with Crippen molar-refractivity contribution in [3.05, 3.63) is 100 Å². The van der Waals surface area contributed by atoms with Crippen LogP contribution in [0.25, 0.3) is 0 Å². The molecule has 0 saturated carbocycles. The minimum atomic E-state index is -0.298. The Bertz CT molecular complexity index is 1300. The molecule has 2 aromatic heterocycles. The van der Waals surface area contributed by atoms with E-state index in [9.17, 15) is 4.79 Å². The molecule has 0 saturated heterocycles. The predicted octanol–water partition coefficient (Wildman–Crippen LogP) is 6.40. The van der Waals surface area contributed by atoms with Gasteiger partial charge in [0.15, 0.2) is 5.76 Å². The molecule has 0 atom stereocenters. The van der Waals surface area contributed by atoms with Crippen molar-refractivity contribution in [2.45, 2.75) is 53.7 Å². The van der Waals surface area contributed by atoms with Crippen LogP contribution >= 0.6 is 0 Å². The van der Waals surface area contributed by atoms with E-state index in [0.29, 0.717) is 23.9 Å². The highest BCUT2D eigenvalue weighted by atomic mass is 16.5. The summed E-state index contributed by atoms with van der Waals surface area (Å²) in [6, 6.07) is 19.5. The lowest BCUT2D eigenvalue weighted by Gasteiger charge is -2.14. The lowest BCUT2D eigenvalue weighted by Crippen LogP contribution is -2.11. The first-order chi connectivity index (χ1) is 16.3. The number of ether oxygens (including phenoxy) is 1. The number of nitrogens with zero attached hydrogens (tertiary/aromatic N) is 2. The third-order valence-corrected chi connectivity index (χ3v) is 5.67. The molecular weight excluding hydrogens is 426 g/mol. The molecule has 0 fully saturated rings. The maximum Gasteiger partial charge on any atom is 0.291 e. The van der Waals surface area contributed by atoms with Gasteiger partial charge in [0.2, 0.25) is 0 Å². The van der Waals surface area contributed by atoms with Crippen molar-refractivity contribution < 1.29 is 13.9 Å². The second-order valence-electron chi connectivity index (χ2n) is 8.99. The molecule has 176 valence electrons. The summed E-state index contributed by atoms with van der Waals surface area (Å²) in [4.78, 5) is 12.8. The van der Waals surface area contributed by atoms with Gasteiger partial charge in [0, 0.05) is 11.4 Å². The van der Waals surface area contributed by atoms with Crippen molar-refractivity contribution >= 4 is 11.6 Å². The topological polar surface area (TPSA) is 69.3 Å². The summed E-state index contributed by atoms with van der Waals surface area (Å²) in [5.41, 5.74) is 6.14. The minimum absolute atomic E-state index is 0.246. The molecule has 6 nitrogen and oxygen atoms in total. The highest BCUT2D eigenvalue weighted by molar-refractivity contribution is 6.02. The van der Waals surface area contributed by atoms with Gasteiger partial charge in [0.05, 0.1) is 12.2 Å². The normalized spacial score (nSPS) is 11.1. The van der Waals surface area contributed by atoms with E-state index in [1.54, 1.807) is 12.1 Å². The highest BCUT2D eigenvalue weighted by Gasteiger charge is 2.14. The number of carbonyl (C=O) groups excluding carboxylic acids is 1. The summed E-state index contributed by atoms with van der Waals surface area (Å²) in [5, 5.41) is 7.43. The molecule has 0 aliphatic rings. The largest absolute Gasteiger partial charge is 0.485 e. The van der Waals surface area contributed by atoms with E-state index in [1.807, 2.05) is 61.9 Å². The van der Waals surface area contributed by atoms with E-state index in [-0.39, 0.29) is 18.3 Å². The standard InChI is InChI=1S/C28H31N3O3/c1-18(2)25-11-9-19(3)13-27(25)33-17-24-10-12-26(34-24)28(32)29-23-8-6-7-22(15-23)16-31-21(5)14-20(4)30-31/h6-15,18H,16-17H2,1-5H3,(H,29,32). The monoisotopic (exact) mass is 457 g/mol. The van der Waals surface area contributed by atoms with E-state index < -0.39 is 0 Å². The number of aryl methyl sites for hydroxylation is 3. The molecule has 1 N–H and O–H groups in total. The zero-order valence-electron chi connectivity index (χ0n) is 20.4. The quantitative estimate of drug-likeness (QED) is 0.332. The van der Waals surface area contributed by atoms with Crippen LogP contribution in [-0.4, -0.2) is 15.7 Å². The average molecular weight is 458 g/mol. The summed E-state index contributed by atoms with van der Waals surface area (Å²) in [5.74, 6) is 1.74. The third kappa shape index (κ3) is 5.57. The number of amides is 1. The van der Waals surface area contributed by atoms with Crippen LogP contribution in [0.5, 0.6) is 5.75 Å². The van der Waals surface area contributed by atoms with Crippen molar-refractivity contribution in [1.82, 2.24) is 9.78 Å². The van der Waals surface area contributed by atoms with Gasteiger partial charge >= 0.3 is 0 Å². The fourth-order valence-corrected chi connectivity index (χ4v) is 3.92. The lowest BCUT2D eigenvalue weighted by atomic mass is 10.0. The molecule has 0 bridgehead atoms.